The second-order valence-electron chi connectivity index (χ2n) is 7.23. The Morgan fingerprint density at radius 1 is 1.00 bits per heavy atom. The summed E-state index contributed by atoms with van der Waals surface area (Å²) in [6.45, 7) is 9.43. The maximum Gasteiger partial charge on any atom is 0.341 e. The van der Waals surface area contributed by atoms with Crippen molar-refractivity contribution in [2.45, 2.75) is 27.7 Å². The zero-order valence-corrected chi connectivity index (χ0v) is 17.9. The fourth-order valence-electron chi connectivity index (χ4n) is 2.97. The SMILES string of the molecule is CCOC(=O)c1cnc2ccc(OCC)cc2c1Nc1ccc(OCC(C)C)cc1. The standard InChI is InChI=1S/C24H28N2O4/c1-5-28-19-11-12-22-20(13-19)23(21(14-25-22)24(27)29-6-2)26-17-7-9-18(10-8-17)30-15-16(3)4/h7-14,16H,5-6,15H2,1-4H3,(H,25,26). The van der Waals surface area contributed by atoms with E-state index < -0.39 is 5.97 Å². The average Bonchev–Trinajstić information content (AvgIpc) is 2.74. The molecule has 6 nitrogen and oxygen atoms in total. The van der Waals surface area contributed by atoms with E-state index in [9.17, 15) is 4.79 Å². The lowest BCUT2D eigenvalue weighted by Gasteiger charge is -2.15. The normalized spacial score (nSPS) is 10.8. The molecule has 2 aromatic carbocycles. The van der Waals surface area contributed by atoms with Gasteiger partial charge in [-0.05, 0) is 62.2 Å². The van der Waals surface area contributed by atoms with Crippen LogP contribution in [-0.2, 0) is 4.74 Å². The highest BCUT2D eigenvalue weighted by atomic mass is 16.5. The summed E-state index contributed by atoms with van der Waals surface area (Å²) in [7, 11) is 0. The Hall–Kier alpha value is -3.28. The predicted octanol–water partition coefficient (Wildman–Crippen LogP) is 5.59. The van der Waals surface area contributed by atoms with Crippen molar-refractivity contribution < 1.29 is 19.0 Å². The van der Waals surface area contributed by atoms with E-state index in [0.29, 0.717) is 36.1 Å². The minimum Gasteiger partial charge on any atom is -0.494 e. The summed E-state index contributed by atoms with van der Waals surface area (Å²) < 4.78 is 16.6. The minimum atomic E-state index is -0.423. The van der Waals surface area contributed by atoms with E-state index in [1.807, 2.05) is 49.4 Å². The molecule has 0 aliphatic rings. The summed E-state index contributed by atoms with van der Waals surface area (Å²) >= 11 is 0. The molecule has 0 saturated carbocycles. The van der Waals surface area contributed by atoms with Crippen molar-refractivity contribution in [3.05, 3.63) is 54.2 Å². The Balaban J connectivity index is 1.99. The van der Waals surface area contributed by atoms with Gasteiger partial charge in [0.25, 0.3) is 0 Å². The molecule has 0 saturated heterocycles. The lowest BCUT2D eigenvalue weighted by molar-refractivity contribution is 0.0527. The van der Waals surface area contributed by atoms with Gasteiger partial charge in [0.1, 0.15) is 17.1 Å². The van der Waals surface area contributed by atoms with Gasteiger partial charge in [0, 0.05) is 17.3 Å². The van der Waals surface area contributed by atoms with Crippen molar-refractivity contribution in [1.82, 2.24) is 4.98 Å². The number of nitrogens with one attached hydrogen (secondary N) is 1. The number of aromatic nitrogens is 1. The molecule has 0 fully saturated rings. The Kier molecular flexibility index (Phi) is 7.12. The molecule has 0 unspecified atom stereocenters. The molecule has 0 amide bonds. The van der Waals surface area contributed by atoms with Crippen molar-refractivity contribution in [1.29, 1.82) is 0 Å². The molecule has 1 aromatic heterocycles. The maximum absolute atomic E-state index is 12.6. The van der Waals surface area contributed by atoms with Crippen LogP contribution in [0, 0.1) is 5.92 Å². The number of hydrogen-bond acceptors (Lipinski definition) is 6. The number of ether oxygens (including phenoxy) is 3. The van der Waals surface area contributed by atoms with E-state index in [1.54, 1.807) is 13.1 Å². The van der Waals surface area contributed by atoms with Crippen LogP contribution < -0.4 is 14.8 Å². The summed E-state index contributed by atoms with van der Waals surface area (Å²) in [5, 5.41) is 4.15. The molecule has 0 radical (unpaired) electrons. The van der Waals surface area contributed by atoms with Crippen LogP contribution in [0.3, 0.4) is 0 Å². The number of carbonyl (C=O) groups is 1. The summed E-state index contributed by atoms with van der Waals surface area (Å²) in [4.78, 5) is 17.0. The van der Waals surface area contributed by atoms with Crippen LogP contribution in [0.2, 0.25) is 0 Å². The molecule has 0 spiro atoms. The molecule has 1 N–H and O–H groups in total. The van der Waals surface area contributed by atoms with Gasteiger partial charge in [0.2, 0.25) is 0 Å². The summed E-state index contributed by atoms with van der Waals surface area (Å²) in [5.41, 5.74) is 2.59. The van der Waals surface area contributed by atoms with Gasteiger partial charge < -0.3 is 19.5 Å². The van der Waals surface area contributed by atoms with Crippen molar-refractivity contribution in [2.75, 3.05) is 25.1 Å². The summed E-state index contributed by atoms with van der Waals surface area (Å²) in [6.07, 6.45) is 1.54. The Labute approximate surface area is 177 Å². The molecule has 30 heavy (non-hydrogen) atoms. The van der Waals surface area contributed by atoms with Gasteiger partial charge in [-0.25, -0.2) is 4.79 Å². The highest BCUT2D eigenvalue weighted by molar-refractivity contribution is 6.06. The average molecular weight is 408 g/mol. The Bertz CT molecular complexity index is 1000. The fraction of sp³-hybridized carbons (Fsp3) is 0.333. The third-order valence-electron chi connectivity index (χ3n) is 4.35. The summed E-state index contributed by atoms with van der Waals surface area (Å²) in [6, 6.07) is 13.3. The van der Waals surface area contributed by atoms with E-state index >= 15 is 0 Å². The first-order valence-electron chi connectivity index (χ1n) is 10.2. The van der Waals surface area contributed by atoms with Crippen LogP contribution in [0.25, 0.3) is 10.9 Å². The summed E-state index contributed by atoms with van der Waals surface area (Å²) in [5.74, 6) is 1.55. The van der Waals surface area contributed by atoms with E-state index in [2.05, 4.69) is 24.1 Å². The van der Waals surface area contributed by atoms with Crippen LogP contribution in [0.15, 0.2) is 48.7 Å². The van der Waals surface area contributed by atoms with E-state index in [0.717, 1.165) is 22.3 Å². The number of hydrogen-bond donors (Lipinski definition) is 1. The van der Waals surface area contributed by atoms with Crippen LogP contribution in [0.1, 0.15) is 38.1 Å². The van der Waals surface area contributed by atoms with E-state index in [1.165, 1.54) is 0 Å². The molecule has 0 aliphatic heterocycles. The third-order valence-corrected chi connectivity index (χ3v) is 4.35. The Morgan fingerprint density at radius 3 is 2.40 bits per heavy atom. The highest BCUT2D eigenvalue weighted by Crippen LogP contribution is 2.32. The van der Waals surface area contributed by atoms with Gasteiger partial charge in [-0.3, -0.25) is 4.98 Å². The molecule has 0 aliphatic carbocycles. The second-order valence-corrected chi connectivity index (χ2v) is 7.23. The molecule has 158 valence electrons. The number of rotatable bonds is 9. The van der Waals surface area contributed by atoms with Gasteiger partial charge >= 0.3 is 5.97 Å². The molecule has 1 heterocycles. The van der Waals surface area contributed by atoms with Crippen molar-refractivity contribution in [3.8, 4) is 11.5 Å². The van der Waals surface area contributed by atoms with Gasteiger partial charge in [-0.15, -0.1) is 0 Å². The van der Waals surface area contributed by atoms with Crippen LogP contribution >= 0.6 is 0 Å². The number of benzene rings is 2. The lowest BCUT2D eigenvalue weighted by Crippen LogP contribution is -2.09. The van der Waals surface area contributed by atoms with Gasteiger partial charge in [-0.1, -0.05) is 13.8 Å². The molecule has 0 bridgehead atoms. The van der Waals surface area contributed by atoms with Crippen molar-refractivity contribution in [3.63, 3.8) is 0 Å². The molecule has 3 aromatic rings. The van der Waals surface area contributed by atoms with Crippen LogP contribution in [-0.4, -0.2) is 30.8 Å². The second kappa shape index (κ2) is 9.96. The van der Waals surface area contributed by atoms with Gasteiger partial charge in [0.15, 0.2) is 0 Å². The number of pyridine rings is 1. The van der Waals surface area contributed by atoms with Crippen LogP contribution in [0.5, 0.6) is 11.5 Å². The topological polar surface area (TPSA) is 69.7 Å². The number of esters is 1. The van der Waals surface area contributed by atoms with Crippen molar-refractivity contribution in [2.24, 2.45) is 5.92 Å². The molecule has 0 atom stereocenters. The third kappa shape index (κ3) is 5.20. The molecule has 3 rings (SSSR count). The first-order valence-corrected chi connectivity index (χ1v) is 10.2. The monoisotopic (exact) mass is 408 g/mol. The molecular weight excluding hydrogens is 380 g/mol. The minimum absolute atomic E-state index is 0.289. The first-order chi connectivity index (χ1) is 14.5. The van der Waals surface area contributed by atoms with E-state index in [4.69, 9.17) is 14.2 Å². The molecular formula is C24H28N2O4. The van der Waals surface area contributed by atoms with E-state index in [-0.39, 0.29) is 6.61 Å². The number of fused-ring (bicyclic) bond motifs is 1. The number of anilines is 2. The zero-order valence-electron chi connectivity index (χ0n) is 17.9. The zero-order chi connectivity index (χ0) is 21.5. The first kappa shape index (κ1) is 21.4. The van der Waals surface area contributed by atoms with Gasteiger partial charge in [0.05, 0.1) is 31.0 Å². The smallest absolute Gasteiger partial charge is 0.341 e. The maximum atomic E-state index is 12.6. The van der Waals surface area contributed by atoms with Crippen molar-refractivity contribution >= 4 is 28.2 Å². The Morgan fingerprint density at radius 2 is 1.73 bits per heavy atom. The fourth-order valence-corrected chi connectivity index (χ4v) is 2.97. The quantitative estimate of drug-likeness (QED) is 0.466. The predicted molar refractivity (Wildman–Crippen MR) is 119 cm³/mol. The van der Waals surface area contributed by atoms with Gasteiger partial charge in [-0.2, -0.15) is 0 Å². The number of nitrogens with zero attached hydrogens (tertiary/aromatic N) is 1. The lowest BCUT2D eigenvalue weighted by atomic mass is 10.1. The van der Waals surface area contributed by atoms with Crippen LogP contribution in [0.4, 0.5) is 11.4 Å². The number of carbonyl (C=O) groups excluding carboxylic acids is 1. The highest BCUT2D eigenvalue weighted by Gasteiger charge is 2.17. The molecule has 6 heteroatoms. The largest absolute Gasteiger partial charge is 0.494 e.